The number of thiocarbonyl (C=S) groups is 1. The van der Waals surface area contributed by atoms with Gasteiger partial charge in [-0.15, -0.1) is 0 Å². The van der Waals surface area contributed by atoms with Crippen LogP contribution in [-0.2, 0) is 0 Å². The van der Waals surface area contributed by atoms with E-state index < -0.39 is 0 Å². The first-order valence-corrected chi connectivity index (χ1v) is 8.05. The van der Waals surface area contributed by atoms with E-state index in [1.165, 1.54) is 0 Å². The molecule has 0 aliphatic carbocycles. The number of aliphatic imine (C=N–C) groups is 1. The first-order valence-electron chi connectivity index (χ1n) is 7.27. The van der Waals surface area contributed by atoms with Crippen molar-refractivity contribution < 1.29 is 9.53 Å². The molecule has 23 heavy (non-hydrogen) atoms. The van der Waals surface area contributed by atoms with E-state index in [9.17, 15) is 4.79 Å². The maximum Gasteiger partial charge on any atom is 0.323 e. The van der Waals surface area contributed by atoms with E-state index in [1.807, 2.05) is 12.1 Å². The molecule has 0 saturated carbocycles. The topological polar surface area (TPSA) is 79.9 Å². The quantitative estimate of drug-likeness (QED) is 0.486. The van der Waals surface area contributed by atoms with Crippen molar-refractivity contribution in [3.05, 3.63) is 29.3 Å². The van der Waals surface area contributed by atoms with Crippen molar-refractivity contribution in [1.29, 1.82) is 0 Å². The Morgan fingerprint density at radius 1 is 1.39 bits per heavy atom. The predicted molar refractivity (Wildman–Crippen MR) is 95.1 cm³/mol. The monoisotopic (exact) mass is 354 g/mol. The SMILES string of the molecule is C/C(N)=N/C(=S)NC(=O)N1CCC(Oc2ccc(Cl)cc2)CC1. The zero-order chi connectivity index (χ0) is 16.8. The van der Waals surface area contributed by atoms with E-state index in [0.29, 0.717) is 23.9 Å². The molecule has 0 unspecified atom stereocenters. The molecule has 0 radical (unpaired) electrons. The number of urea groups is 1. The average molecular weight is 355 g/mol. The van der Waals surface area contributed by atoms with Crippen molar-refractivity contribution in [2.45, 2.75) is 25.9 Å². The number of halogens is 1. The van der Waals surface area contributed by atoms with Crippen molar-refractivity contribution in [1.82, 2.24) is 10.2 Å². The van der Waals surface area contributed by atoms with Crippen molar-refractivity contribution in [2.24, 2.45) is 10.7 Å². The normalized spacial score (nSPS) is 16.1. The number of nitrogens with one attached hydrogen (secondary N) is 1. The van der Waals surface area contributed by atoms with Gasteiger partial charge in [0.25, 0.3) is 0 Å². The van der Waals surface area contributed by atoms with Gasteiger partial charge in [-0.2, -0.15) is 0 Å². The molecule has 8 heteroatoms. The Morgan fingerprint density at radius 2 is 2.00 bits per heavy atom. The van der Waals surface area contributed by atoms with Crippen LogP contribution >= 0.6 is 23.8 Å². The Bertz CT molecular complexity index is 594. The second-order valence-corrected chi connectivity index (χ2v) is 6.07. The van der Waals surface area contributed by atoms with Crippen LogP contribution in [0.2, 0.25) is 5.02 Å². The number of hydrogen-bond acceptors (Lipinski definition) is 3. The number of ether oxygens (including phenoxy) is 1. The summed E-state index contributed by atoms with van der Waals surface area (Å²) in [5.74, 6) is 1.09. The highest BCUT2D eigenvalue weighted by atomic mass is 35.5. The van der Waals surface area contributed by atoms with Crippen molar-refractivity contribution in [2.75, 3.05) is 13.1 Å². The first-order chi connectivity index (χ1) is 10.9. The van der Waals surface area contributed by atoms with Gasteiger partial charge in [0.05, 0.1) is 5.84 Å². The van der Waals surface area contributed by atoms with Crippen LogP contribution in [0.25, 0.3) is 0 Å². The second-order valence-electron chi connectivity index (χ2n) is 5.25. The maximum atomic E-state index is 12.1. The summed E-state index contributed by atoms with van der Waals surface area (Å²) >= 11 is 10.8. The van der Waals surface area contributed by atoms with Gasteiger partial charge in [-0.1, -0.05) is 11.6 Å². The number of carbonyl (C=O) groups excluding carboxylic acids is 1. The molecule has 6 nitrogen and oxygen atoms in total. The summed E-state index contributed by atoms with van der Waals surface area (Å²) in [6.45, 7) is 2.80. The number of likely N-dealkylation sites (tertiary alicyclic amines) is 1. The lowest BCUT2D eigenvalue weighted by atomic mass is 10.1. The van der Waals surface area contributed by atoms with Gasteiger partial charge >= 0.3 is 6.03 Å². The molecule has 124 valence electrons. The Kier molecular flexibility index (Phi) is 6.18. The maximum absolute atomic E-state index is 12.1. The summed E-state index contributed by atoms with van der Waals surface area (Å²) in [6.07, 6.45) is 1.58. The number of rotatable bonds is 2. The lowest BCUT2D eigenvalue weighted by Crippen LogP contribution is -2.47. The number of piperidine rings is 1. The van der Waals surface area contributed by atoms with Crippen LogP contribution < -0.4 is 15.8 Å². The lowest BCUT2D eigenvalue weighted by molar-refractivity contribution is 0.113. The molecule has 1 aromatic rings. The van der Waals surface area contributed by atoms with Crippen LogP contribution in [0.4, 0.5) is 4.79 Å². The van der Waals surface area contributed by atoms with E-state index in [4.69, 9.17) is 34.3 Å². The summed E-state index contributed by atoms with van der Waals surface area (Å²) < 4.78 is 5.89. The van der Waals surface area contributed by atoms with Crippen LogP contribution in [-0.4, -0.2) is 41.1 Å². The number of benzene rings is 1. The van der Waals surface area contributed by atoms with E-state index in [0.717, 1.165) is 18.6 Å². The van der Waals surface area contributed by atoms with Gasteiger partial charge in [0, 0.05) is 31.0 Å². The molecule has 0 bridgehead atoms. The Morgan fingerprint density at radius 3 is 2.57 bits per heavy atom. The van der Waals surface area contributed by atoms with E-state index in [2.05, 4.69) is 10.3 Å². The van der Waals surface area contributed by atoms with Crippen molar-refractivity contribution in [3.8, 4) is 5.75 Å². The third-order valence-electron chi connectivity index (χ3n) is 3.34. The van der Waals surface area contributed by atoms with Gasteiger partial charge in [0.2, 0.25) is 5.11 Å². The van der Waals surface area contributed by atoms with Gasteiger partial charge in [0.15, 0.2) is 0 Å². The minimum absolute atomic E-state index is 0.0783. The fraction of sp³-hybridized carbons (Fsp3) is 0.400. The Balaban J connectivity index is 1.79. The van der Waals surface area contributed by atoms with E-state index >= 15 is 0 Å². The standard InChI is InChI=1S/C15H19ClN4O2S/c1-10(17)18-14(23)19-15(21)20-8-6-13(7-9-20)22-12-4-2-11(16)3-5-12/h2-5,13H,6-9H2,1H3,(H3,17,18,19,21,23). The highest BCUT2D eigenvalue weighted by Crippen LogP contribution is 2.21. The predicted octanol–water partition coefficient (Wildman–Crippen LogP) is 2.55. The highest BCUT2D eigenvalue weighted by molar-refractivity contribution is 7.80. The van der Waals surface area contributed by atoms with Gasteiger partial charge in [-0.3, -0.25) is 5.32 Å². The van der Waals surface area contributed by atoms with Gasteiger partial charge in [-0.25, -0.2) is 9.79 Å². The number of nitrogens with two attached hydrogens (primary N) is 1. The molecular weight excluding hydrogens is 336 g/mol. The Labute approximate surface area is 145 Å². The summed E-state index contributed by atoms with van der Waals surface area (Å²) in [5, 5.41) is 3.30. The molecule has 0 aromatic heterocycles. The average Bonchev–Trinajstić information content (AvgIpc) is 2.49. The molecule has 1 aromatic carbocycles. The first kappa shape index (κ1) is 17.5. The third kappa shape index (κ3) is 5.69. The van der Waals surface area contributed by atoms with Crippen molar-refractivity contribution >= 4 is 40.8 Å². The Hall–Kier alpha value is -1.86. The van der Waals surface area contributed by atoms with E-state index in [1.54, 1.807) is 24.0 Å². The molecule has 1 heterocycles. The summed E-state index contributed by atoms with van der Waals surface area (Å²) in [7, 11) is 0. The summed E-state index contributed by atoms with van der Waals surface area (Å²) in [4.78, 5) is 17.6. The largest absolute Gasteiger partial charge is 0.490 e. The van der Waals surface area contributed by atoms with Crippen LogP contribution in [0, 0.1) is 0 Å². The second kappa shape index (κ2) is 8.12. The number of amides is 2. The molecule has 1 aliphatic heterocycles. The van der Waals surface area contributed by atoms with Gasteiger partial charge in [0.1, 0.15) is 11.9 Å². The number of nitrogens with zero attached hydrogens (tertiary/aromatic N) is 2. The smallest absolute Gasteiger partial charge is 0.323 e. The molecule has 3 N–H and O–H groups in total. The van der Waals surface area contributed by atoms with E-state index in [-0.39, 0.29) is 17.2 Å². The molecule has 2 amide bonds. The molecule has 0 spiro atoms. The summed E-state index contributed by atoms with van der Waals surface area (Å²) in [6, 6.07) is 7.01. The number of carbonyl (C=O) groups is 1. The molecule has 2 rings (SSSR count). The third-order valence-corrected chi connectivity index (χ3v) is 3.78. The van der Waals surface area contributed by atoms with Crippen molar-refractivity contribution in [3.63, 3.8) is 0 Å². The minimum atomic E-state index is -0.259. The van der Waals surface area contributed by atoms with Crippen LogP contribution in [0.3, 0.4) is 0 Å². The fourth-order valence-electron chi connectivity index (χ4n) is 2.24. The zero-order valence-corrected chi connectivity index (χ0v) is 14.4. The molecular formula is C15H19ClN4O2S. The zero-order valence-electron chi connectivity index (χ0n) is 12.8. The number of amidine groups is 1. The molecule has 1 fully saturated rings. The molecule has 1 aliphatic rings. The summed E-state index contributed by atoms with van der Waals surface area (Å²) in [5.41, 5.74) is 5.42. The molecule has 0 atom stereocenters. The van der Waals surface area contributed by atoms with Crippen LogP contribution in [0.1, 0.15) is 19.8 Å². The van der Waals surface area contributed by atoms with Crippen LogP contribution in [0.5, 0.6) is 5.75 Å². The van der Waals surface area contributed by atoms with Crippen LogP contribution in [0.15, 0.2) is 29.3 Å². The number of hydrogen-bond donors (Lipinski definition) is 2. The lowest BCUT2D eigenvalue weighted by Gasteiger charge is -2.32. The van der Waals surface area contributed by atoms with Gasteiger partial charge in [-0.05, 0) is 43.4 Å². The highest BCUT2D eigenvalue weighted by Gasteiger charge is 2.24. The fourth-order valence-corrected chi connectivity index (χ4v) is 2.60. The minimum Gasteiger partial charge on any atom is -0.490 e. The van der Waals surface area contributed by atoms with Gasteiger partial charge < -0.3 is 15.4 Å². The molecule has 1 saturated heterocycles.